The summed E-state index contributed by atoms with van der Waals surface area (Å²) >= 11 is 0. The Kier molecular flexibility index (Phi) is 3.57. The van der Waals surface area contributed by atoms with Crippen LogP contribution in [0.5, 0.6) is 5.75 Å². The second-order valence-electron chi connectivity index (χ2n) is 4.23. The van der Waals surface area contributed by atoms with Crippen LogP contribution in [-0.4, -0.2) is 25.3 Å². The normalized spacial score (nSPS) is 25.6. The highest BCUT2D eigenvalue weighted by Gasteiger charge is 2.63. The molecule has 0 bridgehead atoms. The topological polar surface area (TPSA) is 48.1 Å². The molecule has 0 aliphatic carbocycles. The molecule has 0 spiro atoms. The zero-order valence-corrected chi connectivity index (χ0v) is 10.9. The van der Waals surface area contributed by atoms with E-state index in [2.05, 4.69) is 0 Å². The van der Waals surface area contributed by atoms with Gasteiger partial charge in [-0.1, -0.05) is 19.1 Å². The minimum absolute atomic E-state index is 0.201. The lowest BCUT2D eigenvalue weighted by Crippen LogP contribution is -2.27. The first-order chi connectivity index (χ1) is 8.67. The summed E-state index contributed by atoms with van der Waals surface area (Å²) in [6.45, 7) is 4.10. The number of methoxy groups -OCH3 is 1. The molecule has 4 nitrogen and oxygen atoms in total. The van der Waals surface area contributed by atoms with Gasteiger partial charge in [0.1, 0.15) is 11.9 Å². The van der Waals surface area contributed by atoms with Crippen LogP contribution in [0.1, 0.15) is 31.9 Å². The summed E-state index contributed by atoms with van der Waals surface area (Å²) in [5, 5.41) is 0. The summed E-state index contributed by atoms with van der Waals surface area (Å²) in [5.74, 6) is 0.519. The lowest BCUT2D eigenvalue weighted by molar-refractivity contribution is -0.149. The summed E-state index contributed by atoms with van der Waals surface area (Å²) < 4.78 is 15.8. The fourth-order valence-electron chi connectivity index (χ4n) is 2.11. The Morgan fingerprint density at radius 1 is 1.33 bits per heavy atom. The van der Waals surface area contributed by atoms with Gasteiger partial charge in [-0.25, -0.2) is 4.79 Å². The van der Waals surface area contributed by atoms with Gasteiger partial charge >= 0.3 is 5.97 Å². The third kappa shape index (κ3) is 2.08. The smallest absolute Gasteiger partial charge is 0.341 e. The first kappa shape index (κ1) is 12.9. The van der Waals surface area contributed by atoms with E-state index >= 15 is 0 Å². The van der Waals surface area contributed by atoms with Gasteiger partial charge in [0.05, 0.1) is 13.7 Å². The van der Waals surface area contributed by atoms with Gasteiger partial charge in [0.2, 0.25) is 0 Å². The van der Waals surface area contributed by atoms with E-state index in [4.69, 9.17) is 14.2 Å². The second kappa shape index (κ2) is 4.98. The molecule has 1 aromatic carbocycles. The lowest BCUT2D eigenvalue weighted by Gasteiger charge is -2.09. The lowest BCUT2D eigenvalue weighted by atomic mass is 9.97. The molecule has 0 radical (unpaired) electrons. The Hall–Kier alpha value is -1.55. The molecule has 1 aromatic rings. The molecule has 1 heterocycles. The summed E-state index contributed by atoms with van der Waals surface area (Å²) in [6, 6.07) is 7.56. The van der Waals surface area contributed by atoms with E-state index in [9.17, 15) is 4.79 Å². The van der Waals surface area contributed by atoms with Crippen molar-refractivity contribution in [2.75, 3.05) is 13.7 Å². The molecule has 0 N–H and O–H groups in total. The third-order valence-corrected chi connectivity index (χ3v) is 3.26. The summed E-state index contributed by atoms with van der Waals surface area (Å²) in [4.78, 5) is 11.9. The maximum atomic E-state index is 11.9. The van der Waals surface area contributed by atoms with Crippen LogP contribution in [0.3, 0.4) is 0 Å². The zero-order chi connectivity index (χ0) is 13.2. The third-order valence-electron chi connectivity index (χ3n) is 3.26. The molecule has 1 fully saturated rings. The van der Waals surface area contributed by atoms with Gasteiger partial charge in [-0.2, -0.15) is 0 Å². The largest absolute Gasteiger partial charge is 0.497 e. The van der Waals surface area contributed by atoms with Crippen LogP contribution in [0.2, 0.25) is 0 Å². The zero-order valence-electron chi connectivity index (χ0n) is 10.9. The van der Waals surface area contributed by atoms with Crippen molar-refractivity contribution in [3.8, 4) is 5.75 Å². The minimum atomic E-state index is -0.787. The molecule has 2 atom stereocenters. The fourth-order valence-corrected chi connectivity index (χ4v) is 2.11. The second-order valence-corrected chi connectivity index (χ2v) is 4.23. The number of rotatable bonds is 5. The number of carbonyl (C=O) groups is 1. The highest BCUT2D eigenvalue weighted by Crippen LogP contribution is 2.52. The van der Waals surface area contributed by atoms with Crippen LogP contribution in [0.25, 0.3) is 0 Å². The van der Waals surface area contributed by atoms with Crippen molar-refractivity contribution < 1.29 is 19.0 Å². The van der Waals surface area contributed by atoms with Crippen molar-refractivity contribution in [2.24, 2.45) is 0 Å². The van der Waals surface area contributed by atoms with E-state index in [1.807, 2.05) is 31.2 Å². The highest BCUT2D eigenvalue weighted by atomic mass is 16.7. The number of ether oxygens (including phenoxy) is 3. The molecular weight excluding hydrogens is 232 g/mol. The Bertz CT molecular complexity index is 426. The predicted octanol–water partition coefficient (Wildman–Crippen LogP) is 2.48. The monoisotopic (exact) mass is 250 g/mol. The van der Waals surface area contributed by atoms with Crippen molar-refractivity contribution in [3.05, 3.63) is 29.8 Å². The highest BCUT2D eigenvalue weighted by molar-refractivity contribution is 5.83. The molecule has 0 aromatic heterocycles. The van der Waals surface area contributed by atoms with Gasteiger partial charge < -0.3 is 14.2 Å². The van der Waals surface area contributed by atoms with Crippen LogP contribution >= 0.6 is 0 Å². The van der Waals surface area contributed by atoms with Crippen LogP contribution in [0, 0.1) is 0 Å². The van der Waals surface area contributed by atoms with Crippen molar-refractivity contribution >= 4 is 5.97 Å². The van der Waals surface area contributed by atoms with E-state index in [0.717, 1.165) is 11.3 Å². The van der Waals surface area contributed by atoms with Crippen LogP contribution < -0.4 is 4.74 Å². The first-order valence-electron chi connectivity index (χ1n) is 6.17. The van der Waals surface area contributed by atoms with Gasteiger partial charge in [-0.15, -0.1) is 0 Å². The first-order valence-corrected chi connectivity index (χ1v) is 6.17. The molecule has 2 rings (SSSR count). The molecule has 18 heavy (non-hydrogen) atoms. The number of esters is 1. The average molecular weight is 250 g/mol. The molecule has 1 aliphatic heterocycles. The fraction of sp³-hybridized carbons (Fsp3) is 0.500. The van der Waals surface area contributed by atoms with Gasteiger partial charge in [0.15, 0.2) is 5.60 Å². The Morgan fingerprint density at radius 2 is 2.00 bits per heavy atom. The summed E-state index contributed by atoms with van der Waals surface area (Å²) in [7, 11) is 1.62. The maximum absolute atomic E-state index is 11.9. The average Bonchev–Trinajstić information content (AvgIpc) is 3.15. The minimum Gasteiger partial charge on any atom is -0.497 e. The van der Waals surface area contributed by atoms with Crippen molar-refractivity contribution in [2.45, 2.75) is 32.0 Å². The molecule has 0 saturated carbocycles. The van der Waals surface area contributed by atoms with Gasteiger partial charge in [-0.05, 0) is 31.0 Å². The van der Waals surface area contributed by atoms with E-state index in [1.54, 1.807) is 14.0 Å². The molecule has 4 heteroatoms. The predicted molar refractivity (Wildman–Crippen MR) is 66.5 cm³/mol. The number of carbonyl (C=O) groups excluding carboxylic acids is 1. The van der Waals surface area contributed by atoms with Gasteiger partial charge in [-0.3, -0.25) is 0 Å². The summed E-state index contributed by atoms with van der Waals surface area (Å²) in [6.07, 6.45) is 0.412. The SMILES string of the molecule is CCOC(=O)[C@@]1(CC)O[C@H]1c1ccc(OC)cc1. The van der Waals surface area contributed by atoms with Gasteiger partial charge in [0.25, 0.3) is 0 Å². The number of hydrogen-bond acceptors (Lipinski definition) is 4. The van der Waals surface area contributed by atoms with Crippen molar-refractivity contribution in [3.63, 3.8) is 0 Å². The standard InChI is InChI=1S/C14H18O4/c1-4-14(13(15)17-5-2)12(18-14)10-6-8-11(16-3)9-7-10/h6-9,12H,4-5H2,1-3H3/t12-,14-/m0/s1. The van der Waals surface area contributed by atoms with Crippen molar-refractivity contribution in [1.82, 2.24) is 0 Å². The van der Waals surface area contributed by atoms with E-state index < -0.39 is 5.60 Å². The van der Waals surface area contributed by atoms with E-state index in [1.165, 1.54) is 0 Å². The number of hydrogen-bond donors (Lipinski definition) is 0. The quantitative estimate of drug-likeness (QED) is 0.595. The van der Waals surface area contributed by atoms with Crippen LogP contribution in [0.4, 0.5) is 0 Å². The molecular formula is C14H18O4. The summed E-state index contributed by atoms with van der Waals surface area (Å²) in [5.41, 5.74) is 0.190. The molecule has 98 valence electrons. The Labute approximate surface area is 107 Å². The number of epoxide rings is 1. The molecule has 0 amide bonds. The number of benzene rings is 1. The van der Waals surface area contributed by atoms with Crippen LogP contribution in [0.15, 0.2) is 24.3 Å². The molecule has 1 aliphatic rings. The maximum Gasteiger partial charge on any atom is 0.341 e. The van der Waals surface area contributed by atoms with E-state index in [-0.39, 0.29) is 12.1 Å². The molecule has 0 unspecified atom stereocenters. The van der Waals surface area contributed by atoms with Gasteiger partial charge in [0, 0.05) is 0 Å². The van der Waals surface area contributed by atoms with E-state index in [0.29, 0.717) is 13.0 Å². The molecule has 1 saturated heterocycles. The van der Waals surface area contributed by atoms with Crippen molar-refractivity contribution in [1.29, 1.82) is 0 Å². The van der Waals surface area contributed by atoms with Crippen LogP contribution in [-0.2, 0) is 14.3 Å². The Morgan fingerprint density at radius 3 is 2.50 bits per heavy atom. The Balaban J connectivity index is 2.13.